The smallest absolute Gasteiger partial charge is 0.304 e. The van der Waals surface area contributed by atoms with Crippen molar-refractivity contribution >= 4 is 17.1 Å². The summed E-state index contributed by atoms with van der Waals surface area (Å²) < 4.78 is 0. The fourth-order valence-corrected chi connectivity index (χ4v) is 2.22. The summed E-state index contributed by atoms with van der Waals surface area (Å²) in [5.74, 6) is -0.103. The number of nitrogens with zero attached hydrogens (tertiary/aromatic N) is 2. The molecule has 0 heterocycles. The molecule has 0 saturated carbocycles. The quantitative estimate of drug-likeness (QED) is 0.614. The molecule has 0 spiro atoms. The van der Waals surface area contributed by atoms with Crippen LogP contribution < -0.4 is 11.1 Å². The molecule has 0 aromatic heterocycles. The molecule has 0 unspecified atom stereocenters. The van der Waals surface area contributed by atoms with Crippen LogP contribution in [0.3, 0.4) is 0 Å². The lowest BCUT2D eigenvalue weighted by Crippen LogP contribution is -2.16. The minimum Gasteiger partial charge on any atom is -0.372 e. The number of rotatable bonds is 6. The Morgan fingerprint density at radius 2 is 1.76 bits per heavy atom. The highest BCUT2D eigenvalue weighted by Gasteiger charge is 2.32. The molecular weight excluding hydrogens is 276 g/mol. The highest BCUT2D eigenvalue weighted by molar-refractivity contribution is 5.78. The van der Waals surface area contributed by atoms with Gasteiger partial charge in [0.25, 0.3) is 5.69 Å². The third-order valence-electron chi connectivity index (χ3n) is 3.06. The topological polar surface area (TPSA) is 124 Å². The van der Waals surface area contributed by atoms with E-state index in [1.807, 2.05) is 13.8 Å². The van der Waals surface area contributed by atoms with Gasteiger partial charge in [-0.3, -0.25) is 20.2 Å². The predicted molar refractivity (Wildman–Crippen MR) is 80.5 cm³/mol. The Bertz CT molecular complexity index is 570. The van der Waals surface area contributed by atoms with Gasteiger partial charge in [-0.1, -0.05) is 13.8 Å². The summed E-state index contributed by atoms with van der Waals surface area (Å²) >= 11 is 0. The second kappa shape index (κ2) is 6.49. The van der Waals surface area contributed by atoms with Crippen LogP contribution in [0, 0.1) is 20.2 Å². The van der Waals surface area contributed by atoms with Crippen molar-refractivity contribution in [1.82, 2.24) is 0 Å². The van der Waals surface area contributed by atoms with Crippen molar-refractivity contribution in [3.8, 4) is 0 Å². The van der Waals surface area contributed by atoms with Gasteiger partial charge in [0.2, 0.25) is 0 Å². The van der Waals surface area contributed by atoms with Gasteiger partial charge in [0.15, 0.2) is 5.69 Å². The lowest BCUT2D eigenvalue weighted by Gasteiger charge is -2.17. The minimum absolute atomic E-state index is 0.0470. The van der Waals surface area contributed by atoms with E-state index in [0.717, 1.165) is 0 Å². The number of hydrogen-bond donors (Lipinski definition) is 2. The second-order valence-electron chi connectivity index (χ2n) is 5.36. The molecule has 8 nitrogen and oxygen atoms in total. The lowest BCUT2D eigenvalue weighted by atomic mass is 9.93. The summed E-state index contributed by atoms with van der Waals surface area (Å²) in [5.41, 5.74) is 5.84. The van der Waals surface area contributed by atoms with E-state index < -0.39 is 9.85 Å². The van der Waals surface area contributed by atoms with E-state index in [-0.39, 0.29) is 35.6 Å². The highest BCUT2D eigenvalue weighted by Crippen LogP contribution is 2.41. The van der Waals surface area contributed by atoms with E-state index in [1.165, 1.54) is 6.07 Å². The van der Waals surface area contributed by atoms with Crippen molar-refractivity contribution in [2.24, 2.45) is 5.73 Å². The Morgan fingerprint density at radius 3 is 2.10 bits per heavy atom. The first-order chi connectivity index (χ1) is 9.70. The van der Waals surface area contributed by atoms with Crippen LogP contribution >= 0.6 is 0 Å². The first-order valence-electron chi connectivity index (χ1n) is 6.65. The van der Waals surface area contributed by atoms with Crippen molar-refractivity contribution in [2.45, 2.75) is 46.2 Å². The summed E-state index contributed by atoms with van der Waals surface area (Å²) in [6.45, 7) is 7.10. The largest absolute Gasteiger partial charge is 0.372 e. The molecule has 1 aromatic carbocycles. The van der Waals surface area contributed by atoms with E-state index in [4.69, 9.17) is 5.73 Å². The van der Waals surface area contributed by atoms with Gasteiger partial charge >= 0.3 is 5.69 Å². The van der Waals surface area contributed by atoms with Crippen molar-refractivity contribution in [2.75, 3.05) is 5.32 Å². The standard InChI is InChI=1S/C13H20N4O4/c1-7(2)9-5-11(16(18)19)12(15-8(3)4)13(17(20)21)10(9)6-14/h5,7-8,15H,6,14H2,1-4H3. The monoisotopic (exact) mass is 296 g/mol. The number of anilines is 1. The average Bonchev–Trinajstić information content (AvgIpc) is 2.35. The first-order valence-corrected chi connectivity index (χ1v) is 6.65. The molecule has 0 aliphatic carbocycles. The van der Waals surface area contributed by atoms with Gasteiger partial charge in [0, 0.05) is 24.2 Å². The number of nitrogens with two attached hydrogens (primary N) is 1. The van der Waals surface area contributed by atoms with E-state index in [2.05, 4.69) is 5.32 Å². The normalized spacial score (nSPS) is 11.0. The predicted octanol–water partition coefficient (Wildman–Crippen LogP) is 2.91. The summed E-state index contributed by atoms with van der Waals surface area (Å²) in [6, 6.07) is 1.20. The van der Waals surface area contributed by atoms with Gasteiger partial charge in [-0.2, -0.15) is 0 Å². The number of hydrogen-bond acceptors (Lipinski definition) is 6. The number of nitro benzene ring substituents is 2. The average molecular weight is 296 g/mol. The molecule has 0 atom stereocenters. The van der Waals surface area contributed by atoms with Gasteiger partial charge in [0.05, 0.1) is 9.85 Å². The first kappa shape index (κ1) is 16.8. The van der Waals surface area contributed by atoms with Crippen LogP contribution in [0.15, 0.2) is 6.07 Å². The van der Waals surface area contributed by atoms with Gasteiger partial charge in [-0.25, -0.2) is 0 Å². The Balaban J connectivity index is 3.81. The summed E-state index contributed by atoms with van der Waals surface area (Å²) in [7, 11) is 0. The highest BCUT2D eigenvalue weighted by atomic mass is 16.6. The van der Waals surface area contributed by atoms with E-state index in [9.17, 15) is 20.2 Å². The summed E-state index contributed by atoms with van der Waals surface area (Å²) in [6.07, 6.45) is 0. The Kier molecular flexibility index (Phi) is 5.20. The zero-order valence-electron chi connectivity index (χ0n) is 12.5. The van der Waals surface area contributed by atoms with Crippen LogP contribution in [0.1, 0.15) is 44.7 Å². The van der Waals surface area contributed by atoms with E-state index >= 15 is 0 Å². The molecule has 0 amide bonds. The van der Waals surface area contributed by atoms with Crippen LogP contribution in [-0.4, -0.2) is 15.9 Å². The molecule has 0 aliphatic rings. The molecule has 1 aromatic rings. The molecule has 21 heavy (non-hydrogen) atoms. The molecule has 0 bridgehead atoms. The Hall–Kier alpha value is -2.22. The fourth-order valence-electron chi connectivity index (χ4n) is 2.22. The maximum atomic E-state index is 11.4. The zero-order chi connectivity index (χ0) is 16.3. The van der Waals surface area contributed by atoms with Gasteiger partial charge in [-0.05, 0) is 25.3 Å². The molecule has 3 N–H and O–H groups in total. The van der Waals surface area contributed by atoms with Crippen LogP contribution in [0.5, 0.6) is 0 Å². The molecule has 0 aliphatic heterocycles. The maximum absolute atomic E-state index is 11.4. The van der Waals surface area contributed by atoms with Crippen molar-refractivity contribution in [3.05, 3.63) is 37.4 Å². The number of nitro groups is 2. The second-order valence-corrected chi connectivity index (χ2v) is 5.36. The van der Waals surface area contributed by atoms with Crippen LogP contribution in [0.2, 0.25) is 0 Å². The van der Waals surface area contributed by atoms with Crippen molar-refractivity contribution in [3.63, 3.8) is 0 Å². The molecular formula is C13H20N4O4. The molecule has 0 radical (unpaired) electrons. The zero-order valence-corrected chi connectivity index (χ0v) is 12.5. The van der Waals surface area contributed by atoms with Crippen LogP contribution in [0.4, 0.5) is 17.1 Å². The Morgan fingerprint density at radius 1 is 1.19 bits per heavy atom. The molecule has 8 heteroatoms. The van der Waals surface area contributed by atoms with Gasteiger partial charge < -0.3 is 11.1 Å². The third-order valence-corrected chi connectivity index (χ3v) is 3.06. The SMILES string of the molecule is CC(C)Nc1c([N+](=O)[O-])cc(C(C)C)c(CN)c1[N+](=O)[O-]. The molecule has 0 saturated heterocycles. The van der Waals surface area contributed by atoms with Gasteiger partial charge in [0.1, 0.15) is 0 Å². The van der Waals surface area contributed by atoms with Gasteiger partial charge in [-0.15, -0.1) is 0 Å². The maximum Gasteiger partial charge on any atom is 0.304 e. The van der Waals surface area contributed by atoms with Crippen molar-refractivity contribution < 1.29 is 9.85 Å². The minimum atomic E-state index is -0.607. The van der Waals surface area contributed by atoms with E-state index in [0.29, 0.717) is 11.1 Å². The fraction of sp³-hybridized carbons (Fsp3) is 0.538. The van der Waals surface area contributed by atoms with Crippen molar-refractivity contribution in [1.29, 1.82) is 0 Å². The summed E-state index contributed by atoms with van der Waals surface area (Å²) in [5, 5.41) is 25.5. The van der Waals surface area contributed by atoms with Crippen LogP contribution in [-0.2, 0) is 6.54 Å². The molecule has 0 fully saturated rings. The van der Waals surface area contributed by atoms with E-state index in [1.54, 1.807) is 13.8 Å². The number of nitrogens with one attached hydrogen (secondary N) is 1. The number of benzene rings is 1. The molecule has 1 rings (SSSR count). The third kappa shape index (κ3) is 3.46. The Labute approximate surface area is 122 Å². The summed E-state index contributed by atoms with van der Waals surface area (Å²) in [4.78, 5) is 21.5. The molecule has 116 valence electrons. The lowest BCUT2D eigenvalue weighted by molar-refractivity contribution is -0.392. The van der Waals surface area contributed by atoms with Crippen LogP contribution in [0.25, 0.3) is 0 Å².